The number of para-hydroxylation sites is 1. The molecule has 1 amide bonds. The lowest BCUT2D eigenvalue weighted by atomic mass is 9.81. The van der Waals surface area contributed by atoms with Gasteiger partial charge < -0.3 is 15.0 Å². The van der Waals surface area contributed by atoms with E-state index in [2.05, 4.69) is 23.5 Å². The maximum absolute atomic E-state index is 12.9. The Hall–Kier alpha value is -1.39. The van der Waals surface area contributed by atoms with Gasteiger partial charge in [-0.1, -0.05) is 31.0 Å². The molecule has 1 N–H and O–H groups in total. The molecule has 4 nitrogen and oxygen atoms in total. The first kappa shape index (κ1) is 13.3. The Labute approximate surface area is 125 Å². The quantitative estimate of drug-likeness (QED) is 0.856. The number of rotatable bonds is 1. The van der Waals surface area contributed by atoms with E-state index in [0.29, 0.717) is 13.2 Å². The first-order chi connectivity index (χ1) is 10.3. The summed E-state index contributed by atoms with van der Waals surface area (Å²) in [4.78, 5) is 14.9. The first-order valence-electron chi connectivity index (χ1n) is 8.02. The zero-order valence-corrected chi connectivity index (χ0v) is 12.3. The molecule has 2 aliphatic heterocycles. The van der Waals surface area contributed by atoms with Crippen molar-refractivity contribution in [2.24, 2.45) is 0 Å². The molecule has 1 aliphatic carbocycles. The van der Waals surface area contributed by atoms with E-state index in [0.717, 1.165) is 18.8 Å². The van der Waals surface area contributed by atoms with Crippen molar-refractivity contribution in [3.05, 3.63) is 29.8 Å². The number of morpholine rings is 1. The van der Waals surface area contributed by atoms with Crippen LogP contribution in [0.15, 0.2) is 24.3 Å². The zero-order valence-electron chi connectivity index (χ0n) is 12.3. The number of nitrogens with zero attached hydrogens (tertiary/aromatic N) is 1. The summed E-state index contributed by atoms with van der Waals surface area (Å²) in [5.41, 5.74) is 2.71. The second-order valence-electron chi connectivity index (χ2n) is 6.51. The average Bonchev–Trinajstić information content (AvgIpc) is 3.15. The van der Waals surface area contributed by atoms with Crippen molar-refractivity contribution >= 4 is 11.6 Å². The summed E-state index contributed by atoms with van der Waals surface area (Å²) in [5.74, 6) is 0.172. The third-order valence-electron chi connectivity index (χ3n) is 5.27. The predicted octanol–water partition coefficient (Wildman–Crippen LogP) is 1.83. The van der Waals surface area contributed by atoms with Gasteiger partial charge in [0.25, 0.3) is 0 Å². The molecule has 4 rings (SSSR count). The van der Waals surface area contributed by atoms with Crippen LogP contribution in [0, 0.1) is 0 Å². The van der Waals surface area contributed by atoms with Gasteiger partial charge in [-0.15, -0.1) is 0 Å². The fourth-order valence-electron chi connectivity index (χ4n) is 4.22. The molecule has 2 fully saturated rings. The highest BCUT2D eigenvalue weighted by molar-refractivity contribution is 6.00. The van der Waals surface area contributed by atoms with Gasteiger partial charge in [-0.2, -0.15) is 0 Å². The predicted molar refractivity (Wildman–Crippen MR) is 81.6 cm³/mol. The number of ether oxygens (including phenoxy) is 1. The van der Waals surface area contributed by atoms with Crippen molar-refractivity contribution < 1.29 is 9.53 Å². The molecule has 0 bridgehead atoms. The van der Waals surface area contributed by atoms with E-state index in [1.165, 1.54) is 31.2 Å². The second kappa shape index (κ2) is 5.11. The molecule has 1 atom stereocenters. The van der Waals surface area contributed by atoms with E-state index < -0.39 is 0 Å². The highest BCUT2D eigenvalue weighted by Gasteiger charge is 2.47. The number of amides is 1. The molecule has 0 radical (unpaired) electrons. The van der Waals surface area contributed by atoms with Gasteiger partial charge in [0.1, 0.15) is 6.04 Å². The van der Waals surface area contributed by atoms with Crippen molar-refractivity contribution in [2.45, 2.75) is 37.1 Å². The molecule has 1 unspecified atom stereocenters. The Balaban J connectivity index is 1.66. The summed E-state index contributed by atoms with van der Waals surface area (Å²) in [6.07, 6.45) is 4.98. The van der Waals surface area contributed by atoms with E-state index in [1.807, 2.05) is 11.0 Å². The SMILES string of the molecule is O=C(C1COCCN1)N1CC2(CCCC2)c2ccccc21. The Kier molecular flexibility index (Phi) is 3.23. The maximum atomic E-state index is 12.9. The minimum Gasteiger partial charge on any atom is -0.378 e. The summed E-state index contributed by atoms with van der Waals surface area (Å²) in [6, 6.07) is 8.28. The van der Waals surface area contributed by atoms with E-state index in [4.69, 9.17) is 4.74 Å². The van der Waals surface area contributed by atoms with Crippen LogP contribution in [-0.2, 0) is 14.9 Å². The topological polar surface area (TPSA) is 41.6 Å². The van der Waals surface area contributed by atoms with Crippen LogP contribution in [0.2, 0.25) is 0 Å². The number of fused-ring (bicyclic) bond motifs is 2. The van der Waals surface area contributed by atoms with Crippen molar-refractivity contribution in [1.29, 1.82) is 0 Å². The Morgan fingerprint density at radius 1 is 1.29 bits per heavy atom. The molecular formula is C17H22N2O2. The third-order valence-corrected chi connectivity index (χ3v) is 5.27. The van der Waals surface area contributed by atoms with E-state index in [1.54, 1.807) is 0 Å². The largest absolute Gasteiger partial charge is 0.378 e. The molecule has 1 aromatic rings. The number of hydrogen-bond acceptors (Lipinski definition) is 3. The molecule has 1 spiro atoms. The van der Waals surface area contributed by atoms with Crippen LogP contribution in [0.1, 0.15) is 31.2 Å². The second-order valence-corrected chi connectivity index (χ2v) is 6.51. The monoisotopic (exact) mass is 286 g/mol. The van der Waals surface area contributed by atoms with Gasteiger partial charge in [0, 0.05) is 24.2 Å². The third kappa shape index (κ3) is 2.09. The Bertz CT molecular complexity index is 545. The van der Waals surface area contributed by atoms with E-state index >= 15 is 0 Å². The summed E-state index contributed by atoms with van der Waals surface area (Å²) in [7, 11) is 0. The highest BCUT2D eigenvalue weighted by Crippen LogP contribution is 2.50. The van der Waals surface area contributed by atoms with Gasteiger partial charge in [0.15, 0.2) is 0 Å². The van der Waals surface area contributed by atoms with E-state index in [-0.39, 0.29) is 17.4 Å². The summed E-state index contributed by atoms with van der Waals surface area (Å²) in [6.45, 7) is 2.80. The highest BCUT2D eigenvalue weighted by atomic mass is 16.5. The molecule has 3 aliphatic rings. The molecule has 112 valence electrons. The van der Waals surface area contributed by atoms with Gasteiger partial charge in [-0.25, -0.2) is 0 Å². The summed E-state index contributed by atoms with van der Waals surface area (Å²) in [5, 5.41) is 3.29. The van der Waals surface area contributed by atoms with Crippen LogP contribution < -0.4 is 10.2 Å². The van der Waals surface area contributed by atoms with Crippen LogP contribution in [0.4, 0.5) is 5.69 Å². The molecule has 2 heterocycles. The fourth-order valence-corrected chi connectivity index (χ4v) is 4.22. The first-order valence-corrected chi connectivity index (χ1v) is 8.02. The number of anilines is 1. The van der Waals surface area contributed by atoms with Crippen LogP contribution >= 0.6 is 0 Å². The molecule has 4 heteroatoms. The van der Waals surface area contributed by atoms with Crippen LogP contribution in [0.25, 0.3) is 0 Å². The zero-order chi connectivity index (χ0) is 14.3. The van der Waals surface area contributed by atoms with Gasteiger partial charge in [0.2, 0.25) is 5.91 Å². The van der Waals surface area contributed by atoms with Crippen LogP contribution in [0.5, 0.6) is 0 Å². The van der Waals surface area contributed by atoms with Crippen molar-refractivity contribution in [1.82, 2.24) is 5.32 Å². The number of carbonyl (C=O) groups is 1. The smallest absolute Gasteiger partial charge is 0.246 e. The average molecular weight is 286 g/mol. The lowest BCUT2D eigenvalue weighted by Gasteiger charge is -2.29. The molecule has 1 saturated heterocycles. The molecular weight excluding hydrogens is 264 g/mol. The number of nitrogens with one attached hydrogen (secondary N) is 1. The molecule has 21 heavy (non-hydrogen) atoms. The minimum atomic E-state index is -0.191. The standard InChI is InChI=1S/C17H22N2O2/c20-16(14-11-21-10-9-18-14)19-12-17(7-3-4-8-17)13-5-1-2-6-15(13)19/h1-2,5-6,14,18H,3-4,7-12H2. The number of carbonyl (C=O) groups excluding carboxylic acids is 1. The van der Waals surface area contributed by atoms with Crippen molar-refractivity contribution in [3.63, 3.8) is 0 Å². The lowest BCUT2D eigenvalue weighted by Crippen LogP contribution is -2.53. The minimum absolute atomic E-state index is 0.172. The Morgan fingerprint density at radius 3 is 2.86 bits per heavy atom. The molecule has 1 saturated carbocycles. The van der Waals surface area contributed by atoms with E-state index in [9.17, 15) is 4.79 Å². The fraction of sp³-hybridized carbons (Fsp3) is 0.588. The molecule has 0 aromatic heterocycles. The van der Waals surface area contributed by atoms with Gasteiger partial charge >= 0.3 is 0 Å². The van der Waals surface area contributed by atoms with Crippen LogP contribution in [-0.4, -0.2) is 38.3 Å². The van der Waals surface area contributed by atoms with Crippen molar-refractivity contribution in [2.75, 3.05) is 31.2 Å². The number of benzene rings is 1. The summed E-state index contributed by atoms with van der Waals surface area (Å²) >= 11 is 0. The molecule has 1 aromatic carbocycles. The Morgan fingerprint density at radius 2 is 2.10 bits per heavy atom. The van der Waals surface area contributed by atoms with Gasteiger partial charge in [-0.3, -0.25) is 4.79 Å². The van der Waals surface area contributed by atoms with Crippen LogP contribution in [0.3, 0.4) is 0 Å². The van der Waals surface area contributed by atoms with Gasteiger partial charge in [-0.05, 0) is 24.5 Å². The number of hydrogen-bond donors (Lipinski definition) is 1. The van der Waals surface area contributed by atoms with Gasteiger partial charge in [0.05, 0.1) is 13.2 Å². The van der Waals surface area contributed by atoms with Crippen molar-refractivity contribution in [3.8, 4) is 0 Å². The normalized spacial score (nSPS) is 27.0. The maximum Gasteiger partial charge on any atom is 0.246 e. The summed E-state index contributed by atoms with van der Waals surface area (Å²) < 4.78 is 5.46. The lowest BCUT2D eigenvalue weighted by molar-refractivity contribution is -0.123.